The normalized spacial score (nSPS) is 17.4. The number of benzene rings is 2. The third-order valence-electron chi connectivity index (χ3n) is 12.2. The van der Waals surface area contributed by atoms with Gasteiger partial charge in [-0.3, -0.25) is 24.7 Å². The lowest BCUT2D eigenvalue weighted by molar-refractivity contribution is -0.120. The van der Waals surface area contributed by atoms with Gasteiger partial charge in [0.1, 0.15) is 5.82 Å². The van der Waals surface area contributed by atoms with Gasteiger partial charge in [-0.15, -0.1) is 10.2 Å². The largest absolute Gasteiger partial charge is 0.371 e. The molecule has 4 aromatic heterocycles. The number of fused-ring (bicyclic) bond motifs is 1. The van der Waals surface area contributed by atoms with Crippen LogP contribution in [0.5, 0.6) is 0 Å². The van der Waals surface area contributed by atoms with Gasteiger partial charge in [0.2, 0.25) is 5.91 Å². The number of aromatic nitrogens is 8. The van der Waals surface area contributed by atoms with E-state index in [4.69, 9.17) is 9.97 Å². The van der Waals surface area contributed by atoms with Crippen LogP contribution in [0.3, 0.4) is 0 Å². The summed E-state index contributed by atoms with van der Waals surface area (Å²) in [4.78, 5) is 57.4. The smallest absolute Gasteiger partial charge is 0.328 e. The van der Waals surface area contributed by atoms with E-state index >= 15 is 0 Å². The highest BCUT2D eigenvalue weighted by Gasteiger charge is 2.29. The summed E-state index contributed by atoms with van der Waals surface area (Å²) in [6.07, 6.45) is 8.14. The molecule has 0 bridgehead atoms. The number of carbonyl (C=O) groups is 3. The molecule has 2 aromatic carbocycles. The van der Waals surface area contributed by atoms with Crippen LogP contribution in [0.4, 0.5) is 22.0 Å². The average molecular weight is 837 g/mol. The molecule has 1 atom stereocenters. The van der Waals surface area contributed by atoms with E-state index in [0.717, 1.165) is 108 Å². The summed E-state index contributed by atoms with van der Waals surface area (Å²) in [5.74, 6) is 0.393. The first-order chi connectivity index (χ1) is 29.9. The first-order valence-corrected chi connectivity index (χ1v) is 21.4. The molecule has 0 spiro atoms. The maximum Gasteiger partial charge on any atom is 0.328 e. The molecule has 6 aromatic rings. The van der Waals surface area contributed by atoms with Crippen molar-refractivity contribution in [1.82, 2.24) is 55.3 Å². The Bertz CT molecular complexity index is 2600. The number of urea groups is 1. The molecule has 0 radical (unpaired) electrons. The van der Waals surface area contributed by atoms with E-state index in [9.17, 15) is 14.4 Å². The van der Waals surface area contributed by atoms with Crippen LogP contribution in [0.25, 0.3) is 28.0 Å². The van der Waals surface area contributed by atoms with Gasteiger partial charge < -0.3 is 15.1 Å². The van der Waals surface area contributed by atoms with Crippen LogP contribution in [0.15, 0.2) is 79.3 Å². The Morgan fingerprint density at radius 1 is 0.871 bits per heavy atom. The second-order valence-corrected chi connectivity index (χ2v) is 17.4. The molecule has 3 aliphatic heterocycles. The predicted octanol–water partition coefficient (Wildman–Crippen LogP) is 5.24. The zero-order valence-electron chi connectivity index (χ0n) is 35.8. The second-order valence-electron chi connectivity index (χ2n) is 17.4. The number of anilines is 3. The van der Waals surface area contributed by atoms with Crippen molar-refractivity contribution < 1.29 is 14.4 Å². The molecule has 17 nitrogen and oxygen atoms in total. The van der Waals surface area contributed by atoms with Crippen molar-refractivity contribution in [2.45, 2.75) is 71.5 Å². The molecular weight excluding hydrogens is 785 g/mol. The monoisotopic (exact) mass is 836 g/mol. The highest BCUT2D eigenvalue weighted by atomic mass is 16.2. The Kier molecular flexibility index (Phi) is 10.9. The maximum absolute atomic E-state index is 13.0. The summed E-state index contributed by atoms with van der Waals surface area (Å²) in [6, 6.07) is 20.3. The molecule has 0 aliphatic carbocycles. The Hall–Kier alpha value is -6.75. The topological polar surface area (TPSA) is 175 Å². The van der Waals surface area contributed by atoms with Crippen LogP contribution in [0.1, 0.15) is 74.7 Å². The molecule has 3 fully saturated rings. The van der Waals surface area contributed by atoms with Gasteiger partial charge >= 0.3 is 6.03 Å². The number of tetrazole rings is 1. The summed E-state index contributed by atoms with van der Waals surface area (Å²) in [7, 11) is 0. The maximum atomic E-state index is 13.0. The molecule has 3 saturated heterocycles. The lowest BCUT2D eigenvalue weighted by atomic mass is 9.98. The summed E-state index contributed by atoms with van der Waals surface area (Å²) in [6.45, 7) is 16.0. The summed E-state index contributed by atoms with van der Waals surface area (Å²) in [5, 5.41) is 22.3. The Morgan fingerprint density at radius 2 is 1.61 bits per heavy atom. The standard InChI is InChI=1S/C45H52N14O3/c1-29-26-31(6-12-36(29)30(2)48-43(61)42-51-53-59(52-42)45(3,4)5)41-38-14-18-47-58(38)28-37(49-41)32-7-13-39(46-27-32)56-24-22-55(23-25-56)34-15-19-54(20-16-34)33-8-10-35(11-9-33)57-21-17-40(60)50-44(57)62/h6-14,18,26-28,30,34H,15-17,19-25H2,1-5H3,(H,48,61)(H,50,60,62)/t30-/m1/s1. The number of rotatable bonds is 9. The second kappa shape index (κ2) is 16.6. The fraction of sp³-hybridized carbons (Fsp3) is 0.400. The van der Waals surface area contributed by atoms with Crippen LogP contribution < -0.4 is 25.3 Å². The van der Waals surface area contributed by atoms with Crippen LogP contribution >= 0.6 is 0 Å². The lowest BCUT2D eigenvalue weighted by Gasteiger charge is -2.43. The van der Waals surface area contributed by atoms with Crippen molar-refractivity contribution in [2.75, 3.05) is 60.5 Å². The van der Waals surface area contributed by atoms with Gasteiger partial charge in [0.15, 0.2) is 0 Å². The van der Waals surface area contributed by atoms with Crippen molar-refractivity contribution in [1.29, 1.82) is 0 Å². The van der Waals surface area contributed by atoms with Gasteiger partial charge in [0.25, 0.3) is 11.7 Å². The number of nitrogens with one attached hydrogen (secondary N) is 2. The van der Waals surface area contributed by atoms with Gasteiger partial charge in [0, 0.05) is 87.0 Å². The van der Waals surface area contributed by atoms with E-state index in [0.29, 0.717) is 19.0 Å². The van der Waals surface area contributed by atoms with Gasteiger partial charge in [-0.25, -0.2) is 19.3 Å². The molecule has 0 unspecified atom stereocenters. The minimum Gasteiger partial charge on any atom is -0.371 e. The third kappa shape index (κ3) is 8.31. The SMILES string of the molecule is Cc1cc(-c2nc(-c3ccc(N4CCN(C5CCN(c6ccc(N7CCC(=O)NC7=O)cc6)CC5)CC4)nc3)cn3nccc23)ccc1[C@@H](C)NC(=O)c1nnn(C(C)(C)C)n1. The van der Waals surface area contributed by atoms with Gasteiger partial charge in [-0.1, -0.05) is 12.1 Å². The van der Waals surface area contributed by atoms with E-state index in [1.807, 2.05) is 81.9 Å². The van der Waals surface area contributed by atoms with E-state index in [1.165, 1.54) is 4.80 Å². The van der Waals surface area contributed by atoms with Crippen LogP contribution in [-0.2, 0) is 10.3 Å². The fourth-order valence-corrected chi connectivity index (χ4v) is 8.70. The molecule has 0 saturated carbocycles. The number of pyridine rings is 1. The summed E-state index contributed by atoms with van der Waals surface area (Å²) in [5.41, 5.74) is 7.89. The number of hydrogen-bond acceptors (Lipinski definition) is 12. The van der Waals surface area contributed by atoms with E-state index in [2.05, 4.69) is 76.2 Å². The molecule has 3 aliphatic rings. The number of piperidine rings is 1. The number of amides is 4. The van der Waals surface area contributed by atoms with Crippen molar-refractivity contribution >= 4 is 40.6 Å². The van der Waals surface area contributed by atoms with Crippen molar-refractivity contribution in [3.8, 4) is 22.5 Å². The minimum absolute atomic E-state index is 0.0358. The summed E-state index contributed by atoms with van der Waals surface area (Å²) < 4.78 is 1.86. The van der Waals surface area contributed by atoms with Crippen LogP contribution in [-0.4, -0.2) is 114 Å². The number of hydrogen-bond donors (Lipinski definition) is 2. The highest BCUT2D eigenvalue weighted by Crippen LogP contribution is 2.31. The first-order valence-electron chi connectivity index (χ1n) is 21.4. The Morgan fingerprint density at radius 3 is 2.29 bits per heavy atom. The molecular formula is C45H52N14O3. The first kappa shape index (κ1) is 40.6. The average Bonchev–Trinajstić information content (AvgIpc) is 3.98. The van der Waals surface area contributed by atoms with Crippen molar-refractivity contribution in [3.05, 3.63) is 96.2 Å². The number of imide groups is 1. The molecule has 17 heteroatoms. The number of nitrogens with zero attached hydrogens (tertiary/aromatic N) is 12. The zero-order valence-corrected chi connectivity index (χ0v) is 35.8. The van der Waals surface area contributed by atoms with Crippen molar-refractivity contribution in [3.63, 3.8) is 0 Å². The van der Waals surface area contributed by atoms with Gasteiger partial charge in [0.05, 0.1) is 40.9 Å². The molecule has 320 valence electrons. The number of carbonyl (C=O) groups excluding carboxylic acids is 3. The third-order valence-corrected chi connectivity index (χ3v) is 12.2. The molecule has 2 N–H and O–H groups in total. The highest BCUT2D eigenvalue weighted by molar-refractivity contribution is 6.05. The zero-order chi connectivity index (χ0) is 43.1. The van der Waals surface area contributed by atoms with E-state index in [-0.39, 0.29) is 35.3 Å². The fourth-order valence-electron chi connectivity index (χ4n) is 8.70. The van der Waals surface area contributed by atoms with Crippen LogP contribution in [0.2, 0.25) is 0 Å². The molecule has 62 heavy (non-hydrogen) atoms. The number of piperazine rings is 1. The van der Waals surface area contributed by atoms with Gasteiger partial charge in [-0.2, -0.15) is 9.90 Å². The Balaban J connectivity index is 0.805. The van der Waals surface area contributed by atoms with Gasteiger partial charge in [-0.05, 0) is 112 Å². The lowest BCUT2D eigenvalue weighted by Crippen LogP contribution is -2.53. The minimum atomic E-state index is -0.380. The van der Waals surface area contributed by atoms with Crippen molar-refractivity contribution in [2.24, 2.45) is 0 Å². The molecule has 7 heterocycles. The molecule has 9 rings (SSSR count). The predicted molar refractivity (Wildman–Crippen MR) is 236 cm³/mol. The summed E-state index contributed by atoms with van der Waals surface area (Å²) >= 11 is 0. The van der Waals surface area contributed by atoms with E-state index in [1.54, 1.807) is 11.1 Å². The molecule has 4 amide bonds. The Labute approximate surface area is 360 Å². The quantitative estimate of drug-likeness (QED) is 0.194. The number of aryl methyl sites for hydroxylation is 1. The van der Waals surface area contributed by atoms with Crippen LogP contribution in [0, 0.1) is 6.92 Å². The van der Waals surface area contributed by atoms with E-state index < -0.39 is 0 Å².